The third-order valence-electron chi connectivity index (χ3n) is 2.80. The molecule has 0 heterocycles. The predicted octanol–water partition coefficient (Wildman–Crippen LogP) is 2.25. The number of carboxylic acids is 1. The van der Waals surface area contributed by atoms with Crippen LogP contribution in [0, 0.1) is 12.3 Å². The van der Waals surface area contributed by atoms with Gasteiger partial charge in [-0.25, -0.2) is 0 Å². The molecule has 1 amide bonds. The average molecular weight is 300 g/mol. The lowest BCUT2D eigenvalue weighted by Gasteiger charge is -2.19. The fraction of sp³-hybridized carbons (Fsp3) is 0.429. The summed E-state index contributed by atoms with van der Waals surface area (Å²) in [5.74, 6) is -0.761. The normalized spacial score (nSPS) is 11.0. The van der Waals surface area contributed by atoms with Crippen molar-refractivity contribution in [3.63, 3.8) is 0 Å². The number of nitrogens with one attached hydrogen (secondary N) is 1. The first-order chi connectivity index (χ1) is 9.22. The number of halogens is 1. The van der Waals surface area contributed by atoms with Crippen molar-refractivity contribution >= 4 is 23.5 Å². The van der Waals surface area contributed by atoms with Crippen LogP contribution in [-0.4, -0.2) is 30.1 Å². The lowest BCUT2D eigenvalue weighted by atomic mass is 9.94. The summed E-state index contributed by atoms with van der Waals surface area (Å²) in [6.07, 6.45) is 0. The van der Waals surface area contributed by atoms with Crippen LogP contribution in [0.2, 0.25) is 5.02 Å². The maximum absolute atomic E-state index is 11.6. The van der Waals surface area contributed by atoms with E-state index in [4.69, 9.17) is 21.4 Å². The van der Waals surface area contributed by atoms with Crippen molar-refractivity contribution in [2.24, 2.45) is 5.41 Å². The molecule has 0 saturated carbocycles. The Hall–Kier alpha value is -1.75. The zero-order valence-corrected chi connectivity index (χ0v) is 12.5. The number of benzene rings is 1. The molecule has 0 aliphatic rings. The third kappa shape index (κ3) is 4.74. The van der Waals surface area contributed by atoms with Gasteiger partial charge in [0.2, 0.25) is 0 Å². The molecule has 0 fully saturated rings. The van der Waals surface area contributed by atoms with Gasteiger partial charge >= 0.3 is 5.97 Å². The summed E-state index contributed by atoms with van der Waals surface area (Å²) in [4.78, 5) is 22.5. The van der Waals surface area contributed by atoms with Gasteiger partial charge in [0, 0.05) is 11.6 Å². The summed E-state index contributed by atoms with van der Waals surface area (Å²) in [7, 11) is 0. The van der Waals surface area contributed by atoms with Crippen LogP contribution in [0.25, 0.3) is 0 Å². The Morgan fingerprint density at radius 3 is 2.60 bits per heavy atom. The van der Waals surface area contributed by atoms with E-state index in [0.717, 1.165) is 5.56 Å². The highest BCUT2D eigenvalue weighted by atomic mass is 35.5. The van der Waals surface area contributed by atoms with Gasteiger partial charge in [-0.15, -0.1) is 0 Å². The van der Waals surface area contributed by atoms with Crippen LogP contribution in [0.1, 0.15) is 19.4 Å². The van der Waals surface area contributed by atoms with Crippen molar-refractivity contribution in [2.45, 2.75) is 20.8 Å². The van der Waals surface area contributed by atoms with E-state index >= 15 is 0 Å². The van der Waals surface area contributed by atoms with E-state index in [1.54, 1.807) is 32.0 Å². The highest BCUT2D eigenvalue weighted by Gasteiger charge is 2.27. The second kappa shape index (κ2) is 6.61. The van der Waals surface area contributed by atoms with E-state index in [9.17, 15) is 9.59 Å². The zero-order valence-electron chi connectivity index (χ0n) is 11.7. The minimum Gasteiger partial charge on any atom is -0.484 e. The molecule has 0 saturated heterocycles. The van der Waals surface area contributed by atoms with Gasteiger partial charge in [0.05, 0.1) is 5.41 Å². The molecule has 110 valence electrons. The maximum Gasteiger partial charge on any atom is 0.310 e. The molecule has 1 aromatic rings. The van der Waals surface area contributed by atoms with Crippen LogP contribution in [0.15, 0.2) is 18.2 Å². The first-order valence-corrected chi connectivity index (χ1v) is 6.49. The minimum absolute atomic E-state index is 0.0458. The van der Waals surface area contributed by atoms with E-state index < -0.39 is 11.4 Å². The molecular weight excluding hydrogens is 282 g/mol. The van der Waals surface area contributed by atoms with Crippen LogP contribution in [0.5, 0.6) is 5.75 Å². The molecule has 2 N–H and O–H groups in total. The second-order valence-electron chi connectivity index (χ2n) is 5.16. The van der Waals surface area contributed by atoms with Gasteiger partial charge in [0.25, 0.3) is 5.91 Å². The molecule has 0 aliphatic heterocycles. The molecule has 1 rings (SSSR count). The monoisotopic (exact) mass is 299 g/mol. The van der Waals surface area contributed by atoms with E-state index in [1.807, 2.05) is 6.92 Å². The first kappa shape index (κ1) is 16.3. The quantitative estimate of drug-likeness (QED) is 0.845. The molecule has 6 heteroatoms. The SMILES string of the molecule is Cc1cc(Cl)ccc1OCC(=O)NCC(C)(C)C(=O)O. The van der Waals surface area contributed by atoms with Crippen LogP contribution in [0.4, 0.5) is 0 Å². The fourth-order valence-corrected chi connectivity index (χ4v) is 1.59. The van der Waals surface area contributed by atoms with E-state index in [2.05, 4.69) is 5.32 Å². The number of amides is 1. The van der Waals surface area contributed by atoms with Crippen molar-refractivity contribution in [1.82, 2.24) is 5.32 Å². The lowest BCUT2D eigenvalue weighted by Crippen LogP contribution is -2.40. The fourth-order valence-electron chi connectivity index (χ4n) is 1.36. The molecule has 0 aliphatic carbocycles. The summed E-state index contributed by atoms with van der Waals surface area (Å²) < 4.78 is 5.36. The van der Waals surface area contributed by atoms with Crippen molar-refractivity contribution in [2.75, 3.05) is 13.2 Å². The predicted molar refractivity (Wildman–Crippen MR) is 76.1 cm³/mol. The van der Waals surface area contributed by atoms with E-state index in [1.165, 1.54) is 0 Å². The highest BCUT2D eigenvalue weighted by molar-refractivity contribution is 6.30. The number of aliphatic carboxylic acids is 1. The van der Waals surface area contributed by atoms with Gasteiger partial charge in [0.15, 0.2) is 6.61 Å². The number of carbonyl (C=O) groups is 2. The highest BCUT2D eigenvalue weighted by Crippen LogP contribution is 2.21. The number of ether oxygens (including phenoxy) is 1. The summed E-state index contributed by atoms with van der Waals surface area (Å²) >= 11 is 5.82. The summed E-state index contributed by atoms with van der Waals surface area (Å²) in [5.41, 5.74) is -0.178. The number of aryl methyl sites for hydroxylation is 1. The first-order valence-electron chi connectivity index (χ1n) is 6.11. The smallest absolute Gasteiger partial charge is 0.310 e. The van der Waals surface area contributed by atoms with Gasteiger partial charge in [-0.2, -0.15) is 0 Å². The Kier molecular flexibility index (Phi) is 5.39. The third-order valence-corrected chi connectivity index (χ3v) is 3.04. The molecule has 0 bridgehead atoms. The molecule has 20 heavy (non-hydrogen) atoms. The summed E-state index contributed by atoms with van der Waals surface area (Å²) in [5, 5.41) is 12.1. The Morgan fingerprint density at radius 2 is 2.05 bits per heavy atom. The largest absolute Gasteiger partial charge is 0.484 e. The summed E-state index contributed by atoms with van der Waals surface area (Å²) in [6, 6.07) is 5.10. The molecule has 0 radical (unpaired) electrons. The Balaban J connectivity index is 2.46. The van der Waals surface area contributed by atoms with Gasteiger partial charge in [-0.3, -0.25) is 9.59 Å². The van der Waals surface area contributed by atoms with Gasteiger partial charge in [0.1, 0.15) is 5.75 Å². The Morgan fingerprint density at radius 1 is 1.40 bits per heavy atom. The molecule has 0 spiro atoms. The molecule has 1 aromatic carbocycles. The van der Waals surface area contributed by atoms with Crippen LogP contribution in [0.3, 0.4) is 0 Å². The van der Waals surface area contributed by atoms with Crippen molar-refractivity contribution in [3.05, 3.63) is 28.8 Å². The van der Waals surface area contributed by atoms with E-state index in [-0.39, 0.29) is 19.1 Å². The molecular formula is C14H18ClNO4. The van der Waals surface area contributed by atoms with Gasteiger partial charge < -0.3 is 15.2 Å². The Bertz CT molecular complexity index is 514. The van der Waals surface area contributed by atoms with Crippen molar-refractivity contribution in [3.8, 4) is 5.75 Å². The maximum atomic E-state index is 11.6. The number of hydrogen-bond acceptors (Lipinski definition) is 3. The van der Waals surface area contributed by atoms with Crippen LogP contribution >= 0.6 is 11.6 Å². The number of carbonyl (C=O) groups excluding carboxylic acids is 1. The number of rotatable bonds is 6. The van der Waals surface area contributed by atoms with Crippen molar-refractivity contribution < 1.29 is 19.4 Å². The topological polar surface area (TPSA) is 75.6 Å². The second-order valence-corrected chi connectivity index (χ2v) is 5.60. The van der Waals surface area contributed by atoms with Gasteiger partial charge in [-0.05, 0) is 44.5 Å². The van der Waals surface area contributed by atoms with Crippen LogP contribution in [-0.2, 0) is 9.59 Å². The van der Waals surface area contributed by atoms with E-state index in [0.29, 0.717) is 10.8 Å². The Labute approximate surface area is 122 Å². The average Bonchev–Trinajstić information content (AvgIpc) is 2.35. The summed E-state index contributed by atoms with van der Waals surface area (Å²) in [6.45, 7) is 4.79. The molecule has 0 aromatic heterocycles. The zero-order chi connectivity index (χ0) is 15.3. The number of carboxylic acid groups (broad SMARTS) is 1. The molecule has 0 atom stereocenters. The van der Waals surface area contributed by atoms with Crippen molar-refractivity contribution in [1.29, 1.82) is 0 Å². The number of hydrogen-bond donors (Lipinski definition) is 2. The lowest BCUT2D eigenvalue weighted by molar-refractivity contribution is -0.146. The van der Waals surface area contributed by atoms with Crippen LogP contribution < -0.4 is 10.1 Å². The molecule has 0 unspecified atom stereocenters. The standard InChI is InChI=1S/C14H18ClNO4/c1-9-6-10(15)4-5-11(9)20-7-12(17)16-8-14(2,3)13(18)19/h4-6H,7-8H2,1-3H3,(H,16,17)(H,18,19). The molecule has 5 nitrogen and oxygen atoms in total. The minimum atomic E-state index is -1.01. The van der Waals surface area contributed by atoms with Gasteiger partial charge in [-0.1, -0.05) is 11.6 Å².